The van der Waals surface area contributed by atoms with Crippen LogP contribution in [0, 0.1) is 5.41 Å². The highest BCUT2D eigenvalue weighted by Crippen LogP contribution is 2.29. The first-order valence-electron chi connectivity index (χ1n) is 3.96. The van der Waals surface area contributed by atoms with Crippen LogP contribution in [0.5, 0.6) is 0 Å². The quantitative estimate of drug-likeness (QED) is 0.506. The summed E-state index contributed by atoms with van der Waals surface area (Å²) < 4.78 is 0. The summed E-state index contributed by atoms with van der Waals surface area (Å²) >= 11 is 0. The molecule has 1 heteroatoms. The first-order valence-corrected chi connectivity index (χ1v) is 3.96. The molecule has 1 N–H and O–H groups in total. The fourth-order valence-electron chi connectivity index (χ4n) is 1.59. The van der Waals surface area contributed by atoms with E-state index in [-0.39, 0.29) is 0 Å². The van der Waals surface area contributed by atoms with E-state index in [0.717, 1.165) is 6.54 Å². The van der Waals surface area contributed by atoms with Gasteiger partial charge in [0.1, 0.15) is 0 Å². The van der Waals surface area contributed by atoms with Gasteiger partial charge < -0.3 is 5.32 Å². The lowest BCUT2D eigenvalue weighted by Gasteiger charge is -2.24. The average Bonchev–Trinajstić information content (AvgIpc) is 2.11. The summed E-state index contributed by atoms with van der Waals surface area (Å²) in [6.07, 6.45) is 2.31. The Morgan fingerprint density at radius 3 is 2.30 bits per heavy atom. The van der Waals surface area contributed by atoms with Gasteiger partial charge in [-0.15, -0.1) is 0 Å². The van der Waals surface area contributed by atoms with Crippen molar-refractivity contribution >= 4 is 0 Å². The van der Waals surface area contributed by atoms with Crippen molar-refractivity contribution in [3.05, 3.63) is 11.6 Å². The first kappa shape index (κ1) is 7.80. The van der Waals surface area contributed by atoms with E-state index in [1.807, 2.05) is 0 Å². The van der Waals surface area contributed by atoms with Gasteiger partial charge in [-0.1, -0.05) is 32.4 Å². The highest BCUT2D eigenvalue weighted by Gasteiger charge is 2.24. The van der Waals surface area contributed by atoms with Gasteiger partial charge in [0, 0.05) is 12.6 Å². The normalized spacial score (nSPS) is 26.8. The van der Waals surface area contributed by atoms with Gasteiger partial charge in [0.15, 0.2) is 0 Å². The predicted octanol–water partition coefficient (Wildman–Crippen LogP) is 1.95. The molecule has 0 radical (unpaired) electrons. The molecule has 0 amide bonds. The van der Waals surface area contributed by atoms with Crippen molar-refractivity contribution in [1.82, 2.24) is 5.32 Å². The Bertz CT molecular complexity index is 151. The highest BCUT2D eigenvalue weighted by atomic mass is 14.9. The summed E-state index contributed by atoms with van der Waals surface area (Å²) in [6.45, 7) is 10.1. The lowest BCUT2D eigenvalue weighted by molar-refractivity contribution is 0.463. The van der Waals surface area contributed by atoms with Crippen molar-refractivity contribution in [3.63, 3.8) is 0 Å². The fraction of sp³-hybridized carbons (Fsp3) is 0.778. The van der Waals surface area contributed by atoms with E-state index in [4.69, 9.17) is 0 Å². The third kappa shape index (κ3) is 1.40. The van der Waals surface area contributed by atoms with Crippen LogP contribution in [-0.2, 0) is 0 Å². The van der Waals surface area contributed by atoms with E-state index in [2.05, 4.69) is 39.1 Å². The third-order valence-electron chi connectivity index (χ3n) is 2.08. The second-order valence-corrected chi connectivity index (χ2v) is 4.04. The molecule has 0 spiro atoms. The molecule has 0 aromatic carbocycles. The van der Waals surface area contributed by atoms with Gasteiger partial charge in [0.25, 0.3) is 0 Å². The maximum absolute atomic E-state index is 3.38. The van der Waals surface area contributed by atoms with E-state index in [0.29, 0.717) is 11.5 Å². The molecule has 1 atom stereocenters. The Kier molecular flexibility index (Phi) is 1.86. The Labute approximate surface area is 63.5 Å². The molecule has 1 rings (SSSR count). The van der Waals surface area contributed by atoms with E-state index < -0.39 is 0 Å². The van der Waals surface area contributed by atoms with Crippen LogP contribution in [0.4, 0.5) is 0 Å². The SMILES string of the molecule is CC1NCC=C1C(C)(C)C. The van der Waals surface area contributed by atoms with Crippen molar-refractivity contribution in [2.24, 2.45) is 5.41 Å². The van der Waals surface area contributed by atoms with Crippen LogP contribution >= 0.6 is 0 Å². The second-order valence-electron chi connectivity index (χ2n) is 4.04. The van der Waals surface area contributed by atoms with Crippen LogP contribution in [0.25, 0.3) is 0 Å². The summed E-state index contributed by atoms with van der Waals surface area (Å²) in [5, 5.41) is 3.38. The fourth-order valence-corrected chi connectivity index (χ4v) is 1.59. The molecule has 0 aromatic rings. The van der Waals surface area contributed by atoms with Crippen molar-refractivity contribution < 1.29 is 0 Å². The van der Waals surface area contributed by atoms with Gasteiger partial charge in [-0.25, -0.2) is 0 Å². The van der Waals surface area contributed by atoms with Crippen molar-refractivity contribution in [2.75, 3.05) is 6.54 Å². The number of hydrogen-bond donors (Lipinski definition) is 1. The minimum Gasteiger partial charge on any atom is -0.307 e. The topological polar surface area (TPSA) is 12.0 Å². The molecular formula is C9H17N. The summed E-state index contributed by atoms with van der Waals surface area (Å²) in [5.74, 6) is 0. The van der Waals surface area contributed by atoms with Gasteiger partial charge in [0.05, 0.1) is 0 Å². The zero-order chi connectivity index (χ0) is 7.78. The van der Waals surface area contributed by atoms with Crippen LogP contribution < -0.4 is 5.32 Å². The summed E-state index contributed by atoms with van der Waals surface area (Å²) in [6, 6.07) is 0.583. The smallest absolute Gasteiger partial charge is 0.0259 e. The van der Waals surface area contributed by atoms with Crippen molar-refractivity contribution in [1.29, 1.82) is 0 Å². The van der Waals surface area contributed by atoms with Crippen molar-refractivity contribution in [3.8, 4) is 0 Å². The summed E-state index contributed by atoms with van der Waals surface area (Å²) in [7, 11) is 0. The second kappa shape index (κ2) is 2.39. The maximum atomic E-state index is 3.38. The maximum Gasteiger partial charge on any atom is 0.0259 e. The molecule has 1 heterocycles. The Hall–Kier alpha value is -0.300. The minimum atomic E-state index is 0.350. The molecular weight excluding hydrogens is 122 g/mol. The van der Waals surface area contributed by atoms with Gasteiger partial charge in [-0.3, -0.25) is 0 Å². The minimum absolute atomic E-state index is 0.350. The Morgan fingerprint density at radius 2 is 2.10 bits per heavy atom. The number of hydrogen-bond acceptors (Lipinski definition) is 1. The van der Waals surface area contributed by atoms with Crippen LogP contribution in [-0.4, -0.2) is 12.6 Å². The Morgan fingerprint density at radius 1 is 1.50 bits per heavy atom. The molecule has 1 aliphatic heterocycles. The van der Waals surface area contributed by atoms with E-state index in [1.165, 1.54) is 0 Å². The standard InChI is InChI=1S/C9H17N/c1-7-8(5-6-10-7)9(2,3)4/h5,7,10H,6H2,1-4H3. The summed E-state index contributed by atoms with van der Waals surface area (Å²) in [4.78, 5) is 0. The zero-order valence-corrected chi connectivity index (χ0v) is 7.36. The molecule has 0 saturated carbocycles. The molecule has 0 fully saturated rings. The van der Waals surface area contributed by atoms with Crippen LogP contribution in [0.3, 0.4) is 0 Å². The van der Waals surface area contributed by atoms with E-state index in [1.54, 1.807) is 5.57 Å². The molecule has 58 valence electrons. The predicted molar refractivity (Wildman–Crippen MR) is 45.0 cm³/mol. The zero-order valence-electron chi connectivity index (χ0n) is 7.36. The number of nitrogens with one attached hydrogen (secondary N) is 1. The monoisotopic (exact) mass is 139 g/mol. The van der Waals surface area contributed by atoms with Crippen molar-refractivity contribution in [2.45, 2.75) is 33.7 Å². The summed E-state index contributed by atoms with van der Waals surface area (Å²) in [5.41, 5.74) is 1.90. The van der Waals surface area contributed by atoms with E-state index in [9.17, 15) is 0 Å². The molecule has 0 aromatic heterocycles. The third-order valence-corrected chi connectivity index (χ3v) is 2.08. The lowest BCUT2D eigenvalue weighted by Crippen LogP contribution is -2.26. The van der Waals surface area contributed by atoms with E-state index >= 15 is 0 Å². The Balaban J connectivity index is 2.72. The molecule has 1 aliphatic rings. The molecule has 10 heavy (non-hydrogen) atoms. The first-order chi connectivity index (χ1) is 4.52. The van der Waals surface area contributed by atoms with Gasteiger partial charge in [-0.05, 0) is 12.3 Å². The lowest BCUT2D eigenvalue weighted by atomic mass is 9.84. The highest BCUT2D eigenvalue weighted by molar-refractivity contribution is 5.22. The molecule has 1 unspecified atom stereocenters. The van der Waals surface area contributed by atoms with Gasteiger partial charge in [-0.2, -0.15) is 0 Å². The van der Waals surface area contributed by atoms with Crippen LogP contribution in [0.1, 0.15) is 27.7 Å². The van der Waals surface area contributed by atoms with Crippen LogP contribution in [0.15, 0.2) is 11.6 Å². The average molecular weight is 139 g/mol. The number of rotatable bonds is 0. The molecule has 0 saturated heterocycles. The molecule has 0 bridgehead atoms. The van der Waals surface area contributed by atoms with Crippen LogP contribution in [0.2, 0.25) is 0 Å². The largest absolute Gasteiger partial charge is 0.307 e. The molecule has 0 aliphatic carbocycles. The van der Waals surface area contributed by atoms with Gasteiger partial charge >= 0.3 is 0 Å². The molecule has 1 nitrogen and oxygen atoms in total. The van der Waals surface area contributed by atoms with Gasteiger partial charge in [0.2, 0.25) is 0 Å².